The van der Waals surface area contributed by atoms with Crippen molar-refractivity contribution in [2.45, 2.75) is 17.7 Å². The number of likely N-dealkylation sites (N-methyl/N-ethyl adjacent to an activating group) is 1. The number of nitrogens with zero attached hydrogens (tertiary/aromatic N) is 4. The molecule has 0 N–H and O–H groups in total. The molecule has 2 aromatic carbocycles. The van der Waals surface area contributed by atoms with Crippen molar-refractivity contribution < 1.29 is 9.72 Å². The Morgan fingerprint density at radius 1 is 1.16 bits per heavy atom. The van der Waals surface area contributed by atoms with Gasteiger partial charge in [0.2, 0.25) is 5.91 Å². The Hall–Kier alpha value is -2.20. The van der Waals surface area contributed by atoms with Crippen LogP contribution in [0, 0.1) is 10.1 Å². The highest BCUT2D eigenvalue weighted by molar-refractivity contribution is 7.99. The molecule has 0 aliphatic rings. The predicted octanol–water partition coefficient (Wildman–Crippen LogP) is 5.09. The minimum Gasteiger partial charge on any atom is -0.308 e. The topological polar surface area (TPSA) is 79.6 Å². The van der Waals surface area contributed by atoms with Crippen LogP contribution in [0.5, 0.6) is 0 Å². The number of thiazole rings is 1. The van der Waals surface area contributed by atoms with E-state index in [2.05, 4.69) is 17.1 Å². The number of carbonyl (C=O) groups is 1. The van der Waals surface area contributed by atoms with Crippen molar-refractivity contribution in [3.63, 3.8) is 0 Å². The highest BCUT2D eigenvalue weighted by Gasteiger charge is 2.20. The van der Waals surface area contributed by atoms with Crippen molar-refractivity contribution in [2.24, 2.45) is 0 Å². The zero-order valence-corrected chi connectivity index (χ0v) is 19.8. The van der Waals surface area contributed by atoms with E-state index in [1.54, 1.807) is 22.7 Å². The summed E-state index contributed by atoms with van der Waals surface area (Å²) in [5.41, 5.74) is 0.699. The van der Waals surface area contributed by atoms with Crippen molar-refractivity contribution in [1.29, 1.82) is 0 Å². The number of anilines is 1. The summed E-state index contributed by atoms with van der Waals surface area (Å²) in [6, 6.07) is 14.7. The maximum Gasteiger partial charge on any atom is 0.270 e. The average Bonchev–Trinajstić information content (AvgIpc) is 3.14. The molecule has 0 unspecified atom stereocenters. The van der Waals surface area contributed by atoms with Crippen LogP contribution in [-0.2, 0) is 4.79 Å². The molecule has 0 aliphatic carbocycles. The molecule has 1 aromatic heterocycles. The van der Waals surface area contributed by atoms with E-state index < -0.39 is 4.92 Å². The lowest BCUT2D eigenvalue weighted by atomic mass is 10.3. The van der Waals surface area contributed by atoms with E-state index >= 15 is 0 Å². The number of benzene rings is 2. The fraction of sp³-hybridized carbons (Fsp3) is 0.333. The number of nitro benzene ring substituents is 1. The molecule has 0 atom stereocenters. The molecule has 7 nitrogen and oxygen atoms in total. The molecular formula is C21H25ClN4O3S2. The van der Waals surface area contributed by atoms with Gasteiger partial charge in [0.05, 0.1) is 15.1 Å². The molecule has 1 heterocycles. The molecule has 10 heteroatoms. The van der Waals surface area contributed by atoms with E-state index in [4.69, 9.17) is 0 Å². The van der Waals surface area contributed by atoms with E-state index in [-0.39, 0.29) is 24.0 Å². The second kappa shape index (κ2) is 12.0. The first-order chi connectivity index (χ1) is 14.4. The van der Waals surface area contributed by atoms with Crippen LogP contribution in [0.1, 0.15) is 12.8 Å². The number of fused-ring (bicyclic) bond motifs is 1. The number of carbonyl (C=O) groups excluding carboxylic acids is 1. The van der Waals surface area contributed by atoms with Gasteiger partial charge in [-0.3, -0.25) is 19.8 Å². The number of thioether (sulfide) groups is 1. The van der Waals surface area contributed by atoms with Crippen molar-refractivity contribution in [3.8, 4) is 0 Å². The Morgan fingerprint density at radius 3 is 2.58 bits per heavy atom. The van der Waals surface area contributed by atoms with E-state index in [1.807, 2.05) is 37.2 Å². The van der Waals surface area contributed by atoms with Gasteiger partial charge in [0.15, 0.2) is 5.13 Å². The van der Waals surface area contributed by atoms with Gasteiger partial charge in [-0.1, -0.05) is 29.5 Å². The van der Waals surface area contributed by atoms with Gasteiger partial charge in [0.25, 0.3) is 5.69 Å². The molecule has 0 spiro atoms. The molecule has 0 aliphatic heterocycles. The first-order valence-corrected chi connectivity index (χ1v) is 11.4. The van der Waals surface area contributed by atoms with Gasteiger partial charge in [-0.25, -0.2) is 4.98 Å². The average molecular weight is 481 g/mol. The van der Waals surface area contributed by atoms with Crippen molar-refractivity contribution in [3.05, 3.63) is 58.6 Å². The van der Waals surface area contributed by atoms with Crippen LogP contribution in [0.25, 0.3) is 10.2 Å². The van der Waals surface area contributed by atoms with Gasteiger partial charge in [-0.2, -0.15) is 0 Å². The van der Waals surface area contributed by atoms with E-state index in [1.165, 1.54) is 28.4 Å². The Labute approximate surface area is 196 Å². The summed E-state index contributed by atoms with van der Waals surface area (Å²) in [4.78, 5) is 33.1. The second-order valence-electron chi connectivity index (χ2n) is 7.02. The number of aromatic nitrogens is 1. The normalized spacial score (nSPS) is 10.8. The molecule has 3 aromatic rings. The van der Waals surface area contributed by atoms with Crippen molar-refractivity contribution >= 4 is 62.4 Å². The molecule has 31 heavy (non-hydrogen) atoms. The maximum absolute atomic E-state index is 13.0. The fourth-order valence-corrected chi connectivity index (χ4v) is 4.74. The first-order valence-electron chi connectivity index (χ1n) is 9.62. The van der Waals surface area contributed by atoms with Gasteiger partial charge < -0.3 is 4.90 Å². The smallest absolute Gasteiger partial charge is 0.270 e. The minimum absolute atomic E-state index is 0. The minimum atomic E-state index is -0.418. The Morgan fingerprint density at radius 2 is 1.90 bits per heavy atom. The lowest BCUT2D eigenvalue weighted by molar-refractivity contribution is -0.384. The third-order valence-corrected chi connectivity index (χ3v) is 6.56. The van der Waals surface area contributed by atoms with Gasteiger partial charge >= 0.3 is 0 Å². The third kappa shape index (κ3) is 7.17. The standard InChI is InChI=1S/C21H24N4O3S2.ClH/c1-23(2)12-13-24(20(26)9-6-14-29-17-7-4-3-5-8-17)21-22-18-11-10-16(25(27)28)15-19(18)30-21;/h3-5,7-8,10-11,15H,6,9,12-14H2,1-2H3;1H. The molecule has 0 fully saturated rings. The van der Waals surface area contributed by atoms with Gasteiger partial charge in [-0.05, 0) is 44.5 Å². The number of hydrogen-bond acceptors (Lipinski definition) is 7. The molecule has 0 radical (unpaired) electrons. The van der Waals surface area contributed by atoms with Crippen LogP contribution in [0.15, 0.2) is 53.4 Å². The molecule has 1 amide bonds. The summed E-state index contributed by atoms with van der Waals surface area (Å²) in [7, 11) is 3.92. The zero-order chi connectivity index (χ0) is 21.5. The zero-order valence-electron chi connectivity index (χ0n) is 17.4. The quantitative estimate of drug-likeness (QED) is 0.174. The maximum atomic E-state index is 13.0. The highest BCUT2D eigenvalue weighted by Crippen LogP contribution is 2.32. The Balaban J connectivity index is 0.00000341. The number of rotatable bonds is 10. The largest absolute Gasteiger partial charge is 0.308 e. The summed E-state index contributed by atoms with van der Waals surface area (Å²) >= 11 is 3.06. The summed E-state index contributed by atoms with van der Waals surface area (Å²) in [6.07, 6.45) is 1.20. The number of non-ortho nitro benzene ring substituents is 1. The molecular weight excluding hydrogens is 456 g/mol. The first kappa shape index (κ1) is 25.1. The van der Waals surface area contributed by atoms with E-state index in [0.717, 1.165) is 12.2 Å². The fourth-order valence-electron chi connectivity index (χ4n) is 2.82. The van der Waals surface area contributed by atoms with Crippen molar-refractivity contribution in [1.82, 2.24) is 9.88 Å². The van der Waals surface area contributed by atoms with E-state index in [0.29, 0.717) is 34.9 Å². The van der Waals surface area contributed by atoms with Gasteiger partial charge in [0.1, 0.15) is 0 Å². The lowest BCUT2D eigenvalue weighted by Gasteiger charge is -2.22. The molecule has 0 saturated carbocycles. The number of amides is 1. The second-order valence-corrected chi connectivity index (χ2v) is 9.20. The molecule has 0 saturated heterocycles. The summed E-state index contributed by atoms with van der Waals surface area (Å²) in [6.45, 7) is 1.24. The molecule has 166 valence electrons. The van der Waals surface area contributed by atoms with Crippen molar-refractivity contribution in [2.75, 3.05) is 37.8 Å². The summed E-state index contributed by atoms with van der Waals surface area (Å²) in [5.74, 6) is 0.891. The molecule has 0 bridgehead atoms. The van der Waals surface area contributed by atoms with Crippen LogP contribution >= 0.6 is 35.5 Å². The van der Waals surface area contributed by atoms with Crippen LogP contribution in [-0.4, -0.2) is 53.7 Å². The van der Waals surface area contributed by atoms with Crippen LogP contribution in [0.4, 0.5) is 10.8 Å². The number of nitro groups is 1. The third-order valence-electron chi connectivity index (χ3n) is 4.42. The van der Waals surface area contributed by atoms with E-state index in [9.17, 15) is 14.9 Å². The monoisotopic (exact) mass is 480 g/mol. The van der Waals surface area contributed by atoms with Crippen LogP contribution in [0.3, 0.4) is 0 Å². The van der Waals surface area contributed by atoms with Crippen LogP contribution in [0.2, 0.25) is 0 Å². The number of hydrogen-bond donors (Lipinski definition) is 0. The molecule has 3 rings (SSSR count). The highest BCUT2D eigenvalue weighted by atomic mass is 35.5. The number of halogens is 1. The van der Waals surface area contributed by atoms with Crippen LogP contribution < -0.4 is 4.90 Å². The Bertz CT molecular complexity index is 1010. The SMILES string of the molecule is CN(C)CCN(C(=O)CCCSc1ccccc1)c1nc2ccc([N+](=O)[O-])cc2s1.Cl. The Kier molecular flexibility index (Phi) is 9.70. The predicted molar refractivity (Wildman–Crippen MR) is 131 cm³/mol. The van der Waals surface area contributed by atoms with Gasteiger partial charge in [0, 0.05) is 36.5 Å². The lowest BCUT2D eigenvalue weighted by Crippen LogP contribution is -2.36. The van der Waals surface area contributed by atoms with Gasteiger partial charge in [-0.15, -0.1) is 24.2 Å². The summed E-state index contributed by atoms with van der Waals surface area (Å²) in [5, 5.41) is 11.6. The summed E-state index contributed by atoms with van der Waals surface area (Å²) < 4.78 is 0.710.